The van der Waals surface area contributed by atoms with Gasteiger partial charge in [-0.3, -0.25) is 0 Å². The number of nitriles is 1. The fourth-order valence-electron chi connectivity index (χ4n) is 1.30. The molecule has 0 bridgehead atoms. The van der Waals surface area contributed by atoms with E-state index < -0.39 is 0 Å². The van der Waals surface area contributed by atoms with Crippen molar-refractivity contribution in [1.82, 2.24) is 4.98 Å². The number of para-hydroxylation sites is 1. The Morgan fingerprint density at radius 3 is 2.35 bits per heavy atom. The molecule has 84 valence electrons. The highest BCUT2D eigenvalue weighted by Crippen LogP contribution is 2.32. The molecule has 1 heterocycles. The minimum atomic E-state index is 0.404. The summed E-state index contributed by atoms with van der Waals surface area (Å²) in [5, 5.41) is 11.9. The predicted molar refractivity (Wildman–Crippen MR) is 74.1 cm³/mol. The van der Waals surface area contributed by atoms with Crippen LogP contribution in [0.15, 0.2) is 45.5 Å². The van der Waals surface area contributed by atoms with Crippen LogP contribution in [0.4, 0.5) is 11.4 Å². The van der Waals surface area contributed by atoms with Crippen molar-refractivity contribution in [2.24, 2.45) is 0 Å². The summed E-state index contributed by atoms with van der Waals surface area (Å²) < 4.78 is 1.91. The lowest BCUT2D eigenvalue weighted by molar-refractivity contribution is 1.26. The van der Waals surface area contributed by atoms with Crippen LogP contribution in [0.2, 0.25) is 0 Å². The SMILES string of the molecule is N#Cc1ccc(Nc2c(Br)cccc2Br)cn1. The largest absolute Gasteiger partial charge is 0.352 e. The molecule has 1 aromatic heterocycles. The number of hydrogen-bond donors (Lipinski definition) is 1. The third-order valence-corrected chi connectivity index (χ3v) is 3.43. The van der Waals surface area contributed by atoms with Crippen LogP contribution in [-0.2, 0) is 0 Å². The van der Waals surface area contributed by atoms with E-state index in [1.807, 2.05) is 30.3 Å². The van der Waals surface area contributed by atoms with Crippen molar-refractivity contribution in [3.8, 4) is 6.07 Å². The van der Waals surface area contributed by atoms with Crippen molar-refractivity contribution in [2.75, 3.05) is 5.32 Å². The summed E-state index contributed by atoms with van der Waals surface area (Å²) in [5.41, 5.74) is 2.16. The number of benzene rings is 1. The molecular weight excluding hydrogens is 346 g/mol. The molecule has 0 aliphatic rings. The first-order chi connectivity index (χ1) is 8.20. The molecule has 1 aromatic carbocycles. The van der Waals surface area contributed by atoms with Crippen molar-refractivity contribution in [3.05, 3.63) is 51.2 Å². The number of halogens is 2. The highest BCUT2D eigenvalue weighted by molar-refractivity contribution is 9.11. The molecule has 0 spiro atoms. The van der Waals surface area contributed by atoms with Crippen LogP contribution in [0.25, 0.3) is 0 Å². The Morgan fingerprint density at radius 1 is 1.12 bits per heavy atom. The van der Waals surface area contributed by atoms with E-state index in [9.17, 15) is 0 Å². The molecule has 0 radical (unpaired) electrons. The molecule has 17 heavy (non-hydrogen) atoms. The van der Waals surface area contributed by atoms with E-state index in [4.69, 9.17) is 5.26 Å². The van der Waals surface area contributed by atoms with Crippen LogP contribution in [0, 0.1) is 11.3 Å². The Kier molecular flexibility index (Phi) is 3.77. The molecular formula is C12H7Br2N3. The maximum atomic E-state index is 8.66. The highest BCUT2D eigenvalue weighted by Gasteiger charge is 2.04. The average molecular weight is 353 g/mol. The van der Waals surface area contributed by atoms with E-state index in [0.29, 0.717) is 5.69 Å². The first-order valence-electron chi connectivity index (χ1n) is 4.78. The molecule has 0 unspecified atom stereocenters. The molecule has 0 fully saturated rings. The summed E-state index contributed by atoms with van der Waals surface area (Å²) in [6, 6.07) is 11.3. The van der Waals surface area contributed by atoms with Gasteiger partial charge < -0.3 is 5.32 Å². The minimum absolute atomic E-state index is 0.404. The average Bonchev–Trinajstić information content (AvgIpc) is 2.35. The Bertz CT molecular complexity index is 553. The summed E-state index contributed by atoms with van der Waals surface area (Å²) in [6.45, 7) is 0. The monoisotopic (exact) mass is 351 g/mol. The molecule has 5 heteroatoms. The minimum Gasteiger partial charge on any atom is -0.352 e. The second-order valence-electron chi connectivity index (χ2n) is 3.27. The molecule has 0 saturated heterocycles. The zero-order valence-corrected chi connectivity index (χ0v) is 11.8. The first kappa shape index (κ1) is 12.1. The normalized spacial score (nSPS) is 9.71. The van der Waals surface area contributed by atoms with Gasteiger partial charge in [0.15, 0.2) is 0 Å². The van der Waals surface area contributed by atoms with Gasteiger partial charge in [0.1, 0.15) is 11.8 Å². The van der Waals surface area contributed by atoms with Crippen molar-refractivity contribution in [3.63, 3.8) is 0 Å². The van der Waals surface area contributed by atoms with Crippen LogP contribution in [0.1, 0.15) is 5.69 Å². The molecule has 0 amide bonds. The van der Waals surface area contributed by atoms with Gasteiger partial charge in [-0.15, -0.1) is 0 Å². The lowest BCUT2D eigenvalue weighted by Crippen LogP contribution is -1.94. The second kappa shape index (κ2) is 5.30. The fourth-order valence-corrected chi connectivity index (χ4v) is 2.49. The number of aromatic nitrogens is 1. The van der Waals surface area contributed by atoms with Gasteiger partial charge in [0.2, 0.25) is 0 Å². The topological polar surface area (TPSA) is 48.7 Å². The highest BCUT2D eigenvalue weighted by atomic mass is 79.9. The van der Waals surface area contributed by atoms with Crippen LogP contribution in [0.3, 0.4) is 0 Å². The predicted octanol–water partition coefficient (Wildman–Crippen LogP) is 4.22. The number of rotatable bonds is 2. The van der Waals surface area contributed by atoms with E-state index in [1.165, 1.54) is 0 Å². The van der Waals surface area contributed by atoms with E-state index >= 15 is 0 Å². The summed E-state index contributed by atoms with van der Waals surface area (Å²) in [7, 11) is 0. The van der Waals surface area contributed by atoms with Crippen LogP contribution < -0.4 is 5.32 Å². The summed E-state index contributed by atoms with van der Waals surface area (Å²) >= 11 is 6.93. The molecule has 3 nitrogen and oxygen atoms in total. The summed E-state index contributed by atoms with van der Waals surface area (Å²) in [6.07, 6.45) is 1.63. The summed E-state index contributed by atoms with van der Waals surface area (Å²) in [4.78, 5) is 4.00. The zero-order valence-electron chi connectivity index (χ0n) is 8.61. The van der Waals surface area contributed by atoms with Gasteiger partial charge >= 0.3 is 0 Å². The van der Waals surface area contributed by atoms with Crippen molar-refractivity contribution in [2.45, 2.75) is 0 Å². The summed E-state index contributed by atoms with van der Waals surface area (Å²) in [5.74, 6) is 0. The third-order valence-electron chi connectivity index (χ3n) is 2.11. The molecule has 1 N–H and O–H groups in total. The number of nitrogens with zero attached hydrogens (tertiary/aromatic N) is 2. The van der Waals surface area contributed by atoms with Crippen LogP contribution in [0.5, 0.6) is 0 Å². The molecule has 0 aliphatic heterocycles. The van der Waals surface area contributed by atoms with Gasteiger partial charge in [-0.2, -0.15) is 5.26 Å². The van der Waals surface area contributed by atoms with Gasteiger partial charge in [0.05, 0.1) is 17.6 Å². The van der Waals surface area contributed by atoms with E-state index in [0.717, 1.165) is 20.3 Å². The van der Waals surface area contributed by atoms with E-state index in [-0.39, 0.29) is 0 Å². The van der Waals surface area contributed by atoms with Crippen LogP contribution >= 0.6 is 31.9 Å². The Morgan fingerprint density at radius 2 is 1.82 bits per heavy atom. The number of anilines is 2. The van der Waals surface area contributed by atoms with Crippen LogP contribution in [-0.4, -0.2) is 4.98 Å². The Hall–Kier alpha value is -1.38. The van der Waals surface area contributed by atoms with E-state index in [1.54, 1.807) is 12.3 Å². The van der Waals surface area contributed by atoms with Crippen molar-refractivity contribution < 1.29 is 0 Å². The molecule has 0 atom stereocenters. The lowest BCUT2D eigenvalue weighted by atomic mass is 10.3. The Balaban J connectivity index is 2.29. The van der Waals surface area contributed by atoms with Gasteiger partial charge in [-0.25, -0.2) is 4.98 Å². The maximum Gasteiger partial charge on any atom is 0.140 e. The fraction of sp³-hybridized carbons (Fsp3) is 0. The first-order valence-corrected chi connectivity index (χ1v) is 6.36. The van der Waals surface area contributed by atoms with E-state index in [2.05, 4.69) is 42.2 Å². The van der Waals surface area contributed by atoms with Crippen molar-refractivity contribution >= 4 is 43.2 Å². The maximum absolute atomic E-state index is 8.66. The van der Waals surface area contributed by atoms with Gasteiger partial charge in [0.25, 0.3) is 0 Å². The number of pyridine rings is 1. The van der Waals surface area contributed by atoms with Gasteiger partial charge in [-0.1, -0.05) is 6.07 Å². The second-order valence-corrected chi connectivity index (χ2v) is 4.97. The zero-order chi connectivity index (χ0) is 12.3. The standard InChI is InChI=1S/C12H7Br2N3/c13-10-2-1-3-11(14)12(10)17-9-5-4-8(6-15)16-7-9/h1-5,7,17H. The Labute approximate surface area is 116 Å². The smallest absolute Gasteiger partial charge is 0.140 e. The number of nitrogens with one attached hydrogen (secondary N) is 1. The number of hydrogen-bond acceptors (Lipinski definition) is 3. The lowest BCUT2D eigenvalue weighted by Gasteiger charge is -2.10. The van der Waals surface area contributed by atoms with Gasteiger partial charge in [-0.05, 0) is 56.1 Å². The van der Waals surface area contributed by atoms with Gasteiger partial charge in [0, 0.05) is 8.95 Å². The third kappa shape index (κ3) is 2.84. The molecule has 2 aromatic rings. The molecule has 0 aliphatic carbocycles. The molecule has 0 saturated carbocycles. The van der Waals surface area contributed by atoms with Crippen molar-refractivity contribution in [1.29, 1.82) is 5.26 Å². The molecule has 2 rings (SSSR count). The quantitative estimate of drug-likeness (QED) is 0.880.